The maximum Gasteiger partial charge on any atom is 0.244 e. The number of nitrogens with one attached hydrogen (secondary N) is 2. The van der Waals surface area contributed by atoms with Crippen LogP contribution in [0.25, 0.3) is 0 Å². The number of sulfonamides is 1. The van der Waals surface area contributed by atoms with Crippen molar-refractivity contribution in [3.8, 4) is 6.19 Å². The Labute approximate surface area is 178 Å². The minimum atomic E-state index is -3.65. The lowest BCUT2D eigenvalue weighted by Crippen LogP contribution is -2.34. The first-order chi connectivity index (χ1) is 13.5. The summed E-state index contributed by atoms with van der Waals surface area (Å²) >= 11 is 5.32. The third-order valence-corrected chi connectivity index (χ3v) is 5.54. The predicted molar refractivity (Wildman–Crippen MR) is 121 cm³/mol. The summed E-state index contributed by atoms with van der Waals surface area (Å²) in [4.78, 5) is 0. The topological polar surface area (TPSA) is 85.2 Å². The zero-order valence-corrected chi connectivity index (χ0v) is 18.7. The number of rotatable bonds is 6. The second-order valence-corrected chi connectivity index (χ2v) is 10.0. The van der Waals surface area contributed by atoms with Crippen LogP contribution in [0.15, 0.2) is 48.5 Å². The molecule has 0 saturated heterocycles. The molecule has 0 atom stereocenters. The summed E-state index contributed by atoms with van der Waals surface area (Å²) in [5.41, 5.74) is 3.64. The Bertz CT molecular complexity index is 1000. The molecule has 8 heteroatoms. The molecule has 0 saturated carbocycles. The smallest absolute Gasteiger partial charge is 0.244 e. The van der Waals surface area contributed by atoms with E-state index in [0.717, 1.165) is 17.4 Å². The molecule has 0 aliphatic rings. The molecule has 0 bridgehead atoms. The molecule has 0 aliphatic carbocycles. The van der Waals surface area contributed by atoms with Crippen molar-refractivity contribution >= 4 is 33.0 Å². The van der Waals surface area contributed by atoms with Gasteiger partial charge in [0.25, 0.3) is 0 Å². The Morgan fingerprint density at radius 3 is 2.17 bits per heavy atom. The normalized spacial score (nSPS) is 11.4. The van der Waals surface area contributed by atoms with Crippen molar-refractivity contribution in [2.24, 2.45) is 0 Å². The van der Waals surface area contributed by atoms with E-state index in [9.17, 15) is 8.42 Å². The Morgan fingerprint density at radius 1 is 1.07 bits per heavy atom. The van der Waals surface area contributed by atoms with Gasteiger partial charge < -0.3 is 10.6 Å². The molecule has 6 nitrogen and oxygen atoms in total. The van der Waals surface area contributed by atoms with Crippen LogP contribution < -0.4 is 14.9 Å². The molecule has 0 aromatic heterocycles. The van der Waals surface area contributed by atoms with Gasteiger partial charge in [0.1, 0.15) is 0 Å². The van der Waals surface area contributed by atoms with Crippen molar-refractivity contribution in [2.75, 3.05) is 10.6 Å². The second kappa shape index (κ2) is 9.25. The van der Waals surface area contributed by atoms with Gasteiger partial charge in [-0.25, -0.2) is 8.42 Å². The van der Waals surface area contributed by atoms with Gasteiger partial charge in [-0.2, -0.15) is 9.57 Å². The van der Waals surface area contributed by atoms with Crippen molar-refractivity contribution < 1.29 is 8.42 Å². The van der Waals surface area contributed by atoms with Gasteiger partial charge in [0.15, 0.2) is 11.3 Å². The Kier molecular flexibility index (Phi) is 7.22. The molecule has 2 aromatic carbocycles. The van der Waals surface area contributed by atoms with E-state index in [-0.39, 0.29) is 5.41 Å². The highest BCUT2D eigenvalue weighted by Crippen LogP contribution is 2.22. The molecular weight excluding hydrogens is 404 g/mol. The van der Waals surface area contributed by atoms with E-state index in [4.69, 9.17) is 17.5 Å². The van der Waals surface area contributed by atoms with Gasteiger partial charge in [0.2, 0.25) is 10.0 Å². The quantitative estimate of drug-likeness (QED) is 0.415. The molecule has 0 unspecified atom stereocenters. The number of thiocarbonyl (C=S) groups is 1. The van der Waals surface area contributed by atoms with E-state index in [2.05, 4.69) is 55.7 Å². The first kappa shape index (κ1) is 22.7. The molecular formula is C21H26N4O2S2. The van der Waals surface area contributed by atoms with Gasteiger partial charge >= 0.3 is 0 Å². The third kappa shape index (κ3) is 6.73. The highest BCUT2D eigenvalue weighted by molar-refractivity contribution is 7.92. The molecule has 0 aliphatic heterocycles. The molecule has 0 radical (unpaired) electrons. The fourth-order valence-electron chi connectivity index (χ4n) is 2.67. The average molecular weight is 431 g/mol. The van der Waals surface area contributed by atoms with Crippen molar-refractivity contribution in [1.29, 1.82) is 5.26 Å². The number of nitrogens with zero attached hydrogens (tertiary/aromatic N) is 2. The number of hydrogen-bond acceptors (Lipinski definition) is 4. The van der Waals surface area contributed by atoms with Crippen LogP contribution >= 0.6 is 12.2 Å². The van der Waals surface area contributed by atoms with E-state index in [0.29, 0.717) is 28.2 Å². The van der Waals surface area contributed by atoms with Gasteiger partial charge in [-0.3, -0.25) is 0 Å². The molecule has 0 heterocycles. The maximum absolute atomic E-state index is 11.7. The summed E-state index contributed by atoms with van der Waals surface area (Å²) in [7, 11) is -3.65. The molecule has 2 rings (SSSR count). The number of nitriles is 1. The van der Waals surface area contributed by atoms with Gasteiger partial charge in [-0.1, -0.05) is 57.2 Å². The Hall–Kier alpha value is -2.63. The van der Waals surface area contributed by atoms with Crippen LogP contribution in [0.4, 0.5) is 5.69 Å². The Morgan fingerprint density at radius 2 is 1.66 bits per heavy atom. The fourth-order valence-corrected chi connectivity index (χ4v) is 3.46. The van der Waals surface area contributed by atoms with E-state index >= 15 is 0 Å². The van der Waals surface area contributed by atoms with Gasteiger partial charge in [0.05, 0.1) is 11.9 Å². The van der Waals surface area contributed by atoms with Crippen LogP contribution in [0.3, 0.4) is 0 Å². The SMILES string of the molecule is CC(C)(C)c1ccc(CNC(=S)NCc2cccc(N(C#N)S(C)(=O)=O)c2)cc1. The van der Waals surface area contributed by atoms with E-state index < -0.39 is 10.0 Å². The van der Waals surface area contributed by atoms with Crippen LogP contribution in [-0.2, 0) is 28.5 Å². The summed E-state index contributed by atoms with van der Waals surface area (Å²) in [6.45, 7) is 7.55. The van der Waals surface area contributed by atoms with Crippen LogP contribution in [0.1, 0.15) is 37.5 Å². The second-order valence-electron chi connectivity index (χ2n) is 7.78. The molecule has 2 N–H and O–H groups in total. The average Bonchev–Trinajstić information content (AvgIpc) is 2.64. The van der Waals surface area contributed by atoms with Gasteiger partial charge in [0, 0.05) is 13.1 Å². The zero-order chi connectivity index (χ0) is 21.7. The van der Waals surface area contributed by atoms with E-state index in [1.54, 1.807) is 24.4 Å². The minimum Gasteiger partial charge on any atom is -0.359 e. The molecule has 2 aromatic rings. The fraction of sp³-hybridized carbons (Fsp3) is 0.333. The summed E-state index contributed by atoms with van der Waals surface area (Å²) < 4.78 is 24.1. The number of hydrogen-bond donors (Lipinski definition) is 2. The Balaban J connectivity index is 1.91. The van der Waals surface area contributed by atoms with Crippen LogP contribution in [0.5, 0.6) is 0 Å². The predicted octanol–water partition coefficient (Wildman–Crippen LogP) is 3.40. The van der Waals surface area contributed by atoms with Gasteiger partial charge in [-0.15, -0.1) is 0 Å². The lowest BCUT2D eigenvalue weighted by atomic mass is 9.87. The first-order valence-corrected chi connectivity index (χ1v) is 11.4. The van der Waals surface area contributed by atoms with Crippen LogP contribution in [0, 0.1) is 11.5 Å². The summed E-state index contributed by atoms with van der Waals surface area (Å²) in [5.74, 6) is 0. The third-order valence-electron chi connectivity index (χ3n) is 4.29. The molecule has 0 fully saturated rings. The van der Waals surface area contributed by atoms with Gasteiger partial charge in [-0.05, 0) is 46.5 Å². The summed E-state index contributed by atoms with van der Waals surface area (Å²) in [5, 5.41) is 15.9. The van der Waals surface area contributed by atoms with Crippen molar-refractivity contribution in [3.05, 3.63) is 65.2 Å². The van der Waals surface area contributed by atoms with E-state index in [1.807, 2.05) is 6.07 Å². The largest absolute Gasteiger partial charge is 0.359 e. The van der Waals surface area contributed by atoms with Crippen LogP contribution in [-0.4, -0.2) is 19.8 Å². The minimum absolute atomic E-state index is 0.121. The lowest BCUT2D eigenvalue weighted by molar-refractivity contribution is 0.590. The van der Waals surface area contributed by atoms with Crippen molar-refractivity contribution in [2.45, 2.75) is 39.3 Å². The van der Waals surface area contributed by atoms with E-state index in [1.165, 1.54) is 5.56 Å². The molecule has 29 heavy (non-hydrogen) atoms. The highest BCUT2D eigenvalue weighted by atomic mass is 32.2. The highest BCUT2D eigenvalue weighted by Gasteiger charge is 2.17. The molecule has 0 spiro atoms. The molecule has 0 amide bonds. The standard InChI is InChI=1S/C21H26N4O2S2/c1-21(2,3)18-10-8-16(9-11-18)13-23-20(28)24-14-17-6-5-7-19(12-17)25(15-22)29(4,26)27/h5-12H,13-14H2,1-4H3,(H2,23,24,28). The maximum atomic E-state index is 11.7. The van der Waals surface area contributed by atoms with Crippen molar-refractivity contribution in [3.63, 3.8) is 0 Å². The lowest BCUT2D eigenvalue weighted by Gasteiger charge is -2.19. The monoisotopic (exact) mass is 430 g/mol. The summed E-state index contributed by atoms with van der Waals surface area (Å²) in [6.07, 6.45) is 2.68. The first-order valence-electron chi connectivity index (χ1n) is 9.11. The zero-order valence-electron chi connectivity index (χ0n) is 17.1. The van der Waals surface area contributed by atoms with Crippen molar-refractivity contribution in [1.82, 2.24) is 10.6 Å². The molecule has 154 valence electrons. The summed E-state index contributed by atoms with van der Waals surface area (Å²) in [6, 6.07) is 15.2. The van der Waals surface area contributed by atoms with Crippen LogP contribution in [0.2, 0.25) is 0 Å². The number of benzene rings is 2. The number of anilines is 1.